The summed E-state index contributed by atoms with van der Waals surface area (Å²) in [6.07, 6.45) is 1.43. The molecule has 1 unspecified atom stereocenters. The summed E-state index contributed by atoms with van der Waals surface area (Å²) < 4.78 is 20.1. The number of furan rings is 1. The Morgan fingerprint density at radius 1 is 1.14 bits per heavy atom. The number of hydrogen-bond donors (Lipinski definition) is 1. The maximum atomic E-state index is 14.0. The number of thioether (sulfide) groups is 1. The third-order valence-electron chi connectivity index (χ3n) is 5.82. The molecule has 182 valence electrons. The van der Waals surface area contributed by atoms with Crippen LogP contribution in [0.2, 0.25) is 0 Å². The summed E-state index contributed by atoms with van der Waals surface area (Å²) in [4.78, 5) is 27.6. The second-order valence-electron chi connectivity index (χ2n) is 8.23. The number of nitrogens with zero attached hydrogens (tertiary/aromatic N) is 3. The topological polar surface area (TPSA) is 96.5 Å². The van der Waals surface area contributed by atoms with Gasteiger partial charge in [-0.2, -0.15) is 0 Å². The van der Waals surface area contributed by atoms with Gasteiger partial charge in [0.15, 0.2) is 4.34 Å². The third kappa shape index (κ3) is 4.33. The molecule has 1 saturated heterocycles. The van der Waals surface area contributed by atoms with Crippen LogP contribution in [0.15, 0.2) is 75.2 Å². The molecule has 2 aromatic carbocycles. The lowest BCUT2D eigenvalue weighted by Gasteiger charge is -2.20. The molecule has 36 heavy (non-hydrogen) atoms. The summed E-state index contributed by atoms with van der Waals surface area (Å²) in [5.41, 5.74) is 2.54. The molecule has 1 N–H and O–H groups in total. The molecule has 3 heterocycles. The maximum absolute atomic E-state index is 14.0. The number of anilines is 1. The Balaban J connectivity index is 1.53. The molecule has 0 aliphatic carbocycles. The number of carbonyl (C=O) groups is 2. The van der Waals surface area contributed by atoms with Gasteiger partial charge < -0.3 is 9.52 Å². The molecule has 1 atom stereocenters. The van der Waals surface area contributed by atoms with E-state index in [1.165, 1.54) is 29.0 Å². The lowest BCUT2D eigenvalue weighted by atomic mass is 9.96. The number of carbonyl (C=O) groups excluding carboxylic acids is 2. The van der Waals surface area contributed by atoms with Crippen molar-refractivity contribution in [3.8, 4) is 0 Å². The van der Waals surface area contributed by atoms with E-state index in [1.807, 2.05) is 26.0 Å². The van der Waals surface area contributed by atoms with E-state index >= 15 is 0 Å². The van der Waals surface area contributed by atoms with Gasteiger partial charge in [-0.1, -0.05) is 59.0 Å². The van der Waals surface area contributed by atoms with E-state index < -0.39 is 17.7 Å². The van der Waals surface area contributed by atoms with Crippen molar-refractivity contribution in [1.29, 1.82) is 0 Å². The van der Waals surface area contributed by atoms with Crippen molar-refractivity contribution in [1.82, 2.24) is 10.2 Å². The fraction of sp³-hybridized carbons (Fsp3) is 0.154. The number of ketones is 1. The average molecular weight is 522 g/mol. The predicted molar refractivity (Wildman–Crippen MR) is 135 cm³/mol. The normalized spacial score (nSPS) is 17.2. The predicted octanol–water partition coefficient (Wildman–Crippen LogP) is 5.81. The molecule has 4 aromatic rings. The summed E-state index contributed by atoms with van der Waals surface area (Å²) in [5.74, 6) is -1.65. The first-order valence-corrected chi connectivity index (χ1v) is 12.8. The van der Waals surface area contributed by atoms with E-state index in [2.05, 4.69) is 10.2 Å². The molecule has 0 spiro atoms. The van der Waals surface area contributed by atoms with Gasteiger partial charge in [0, 0.05) is 11.3 Å². The summed E-state index contributed by atoms with van der Waals surface area (Å²) in [7, 11) is 0. The zero-order valence-corrected chi connectivity index (χ0v) is 20.9. The van der Waals surface area contributed by atoms with Gasteiger partial charge in [-0.25, -0.2) is 4.39 Å². The Morgan fingerprint density at radius 2 is 1.94 bits per heavy atom. The van der Waals surface area contributed by atoms with Crippen molar-refractivity contribution >= 4 is 45.7 Å². The number of rotatable bonds is 6. The zero-order valence-electron chi connectivity index (χ0n) is 19.3. The molecule has 7 nitrogen and oxygen atoms in total. The van der Waals surface area contributed by atoms with E-state index in [0.29, 0.717) is 27.0 Å². The van der Waals surface area contributed by atoms with E-state index in [9.17, 15) is 19.1 Å². The number of Topliss-reactive ketones (excluding diaryl/α,β-unsaturated/α-hetero) is 1. The fourth-order valence-corrected chi connectivity index (χ4v) is 5.85. The number of hydrogen-bond acceptors (Lipinski definition) is 8. The summed E-state index contributed by atoms with van der Waals surface area (Å²) >= 11 is 2.38. The Bertz CT molecular complexity index is 1500. The van der Waals surface area contributed by atoms with Gasteiger partial charge in [0.1, 0.15) is 23.4 Å². The van der Waals surface area contributed by atoms with Crippen LogP contribution < -0.4 is 4.90 Å². The van der Waals surface area contributed by atoms with Crippen LogP contribution in [0.1, 0.15) is 34.1 Å². The number of aromatic nitrogens is 2. The van der Waals surface area contributed by atoms with E-state index in [1.54, 1.807) is 36.4 Å². The second kappa shape index (κ2) is 9.71. The third-order valence-corrected chi connectivity index (χ3v) is 7.92. The number of aliphatic hydroxyl groups is 1. The number of amides is 1. The van der Waals surface area contributed by atoms with Gasteiger partial charge in [0.25, 0.3) is 5.78 Å². The van der Waals surface area contributed by atoms with E-state index in [0.717, 1.165) is 22.5 Å². The highest BCUT2D eigenvalue weighted by molar-refractivity contribution is 8.00. The lowest BCUT2D eigenvalue weighted by molar-refractivity contribution is -0.132. The highest BCUT2D eigenvalue weighted by atomic mass is 32.2. The van der Waals surface area contributed by atoms with Crippen LogP contribution in [-0.2, 0) is 15.3 Å². The van der Waals surface area contributed by atoms with Gasteiger partial charge in [0.2, 0.25) is 5.13 Å². The van der Waals surface area contributed by atoms with Crippen molar-refractivity contribution in [2.75, 3.05) is 4.90 Å². The number of aryl methyl sites for hydroxylation is 2. The van der Waals surface area contributed by atoms with Crippen LogP contribution in [0.5, 0.6) is 0 Å². The molecule has 0 saturated carbocycles. The molecule has 1 aliphatic heterocycles. The zero-order chi connectivity index (χ0) is 25.4. The van der Waals surface area contributed by atoms with Gasteiger partial charge in [-0.05, 0) is 49.2 Å². The van der Waals surface area contributed by atoms with Crippen LogP contribution >= 0.6 is 23.1 Å². The van der Waals surface area contributed by atoms with Crippen molar-refractivity contribution < 1.29 is 23.5 Å². The quantitative estimate of drug-likeness (QED) is 0.113. The largest absolute Gasteiger partial charge is 0.507 e. The highest BCUT2D eigenvalue weighted by Gasteiger charge is 2.49. The van der Waals surface area contributed by atoms with E-state index in [4.69, 9.17) is 4.42 Å². The van der Waals surface area contributed by atoms with Crippen LogP contribution in [0.3, 0.4) is 0 Å². The lowest BCUT2D eigenvalue weighted by Crippen LogP contribution is -2.29. The Labute approximate surface area is 214 Å². The molecule has 2 aromatic heterocycles. The number of halogens is 1. The first kappa shape index (κ1) is 24.0. The van der Waals surface area contributed by atoms with Crippen molar-refractivity contribution in [2.45, 2.75) is 30.0 Å². The maximum Gasteiger partial charge on any atom is 0.302 e. The Hall–Kier alpha value is -3.76. The molecule has 1 aliphatic rings. The SMILES string of the molecule is Cc1ccc(C)c(C(O)=C2C(=O)C(=O)N(c3nnc(SCc4ccccc4F)s3)C2c2ccco2)c1. The van der Waals surface area contributed by atoms with Crippen LogP contribution in [0.25, 0.3) is 5.76 Å². The van der Waals surface area contributed by atoms with Crippen molar-refractivity contribution in [2.24, 2.45) is 0 Å². The van der Waals surface area contributed by atoms with Gasteiger partial charge in [-0.15, -0.1) is 10.2 Å². The van der Waals surface area contributed by atoms with Crippen molar-refractivity contribution in [3.05, 3.63) is 100 Å². The van der Waals surface area contributed by atoms with E-state index in [-0.39, 0.29) is 22.3 Å². The molecule has 5 rings (SSSR count). The Kier molecular flexibility index (Phi) is 6.46. The van der Waals surface area contributed by atoms with Crippen LogP contribution in [-0.4, -0.2) is 27.0 Å². The average Bonchev–Trinajstić information content (AvgIpc) is 3.61. The molecule has 1 amide bonds. The smallest absolute Gasteiger partial charge is 0.302 e. The molecule has 0 bridgehead atoms. The minimum atomic E-state index is -1.02. The second-order valence-corrected chi connectivity index (χ2v) is 10.4. The highest BCUT2D eigenvalue weighted by Crippen LogP contribution is 2.44. The molecule has 1 fully saturated rings. The monoisotopic (exact) mass is 521 g/mol. The van der Waals surface area contributed by atoms with Crippen LogP contribution in [0.4, 0.5) is 9.52 Å². The summed E-state index contributed by atoms with van der Waals surface area (Å²) in [6, 6.07) is 14.2. The summed E-state index contributed by atoms with van der Waals surface area (Å²) in [5, 5.41) is 19.7. The van der Waals surface area contributed by atoms with Gasteiger partial charge >= 0.3 is 5.91 Å². The molecular weight excluding hydrogens is 501 g/mol. The summed E-state index contributed by atoms with van der Waals surface area (Å²) in [6.45, 7) is 3.69. The Morgan fingerprint density at radius 3 is 2.69 bits per heavy atom. The molecule has 10 heteroatoms. The van der Waals surface area contributed by atoms with Crippen molar-refractivity contribution in [3.63, 3.8) is 0 Å². The molecular formula is C26H20FN3O4S2. The minimum absolute atomic E-state index is 0.0839. The van der Waals surface area contributed by atoms with Gasteiger partial charge in [-0.3, -0.25) is 14.5 Å². The fourth-order valence-electron chi connectivity index (χ4n) is 4.00. The van der Waals surface area contributed by atoms with Gasteiger partial charge in [0.05, 0.1) is 11.8 Å². The first-order valence-electron chi connectivity index (χ1n) is 11.0. The minimum Gasteiger partial charge on any atom is -0.507 e. The number of aliphatic hydroxyl groups excluding tert-OH is 1. The van der Waals surface area contributed by atoms with Crippen LogP contribution in [0, 0.1) is 19.7 Å². The first-order chi connectivity index (χ1) is 17.3. The molecule has 0 radical (unpaired) electrons. The standard InChI is InChI=1S/C26H20FN3O4S2/c1-14-9-10-15(2)17(12-14)22(31)20-21(19-8-5-11-34-19)30(24(33)23(20)32)25-28-29-26(36-25)35-13-16-6-3-4-7-18(16)27/h3-12,21,31H,13H2,1-2H3. The number of benzene rings is 2.